The normalized spacial score (nSPS) is 10.4. The highest BCUT2D eigenvalue weighted by molar-refractivity contribution is 7.99. The number of nitrogens with two attached hydrogens (primary N) is 1. The number of hydrogen-bond donors (Lipinski definition) is 2. The Hall–Kier alpha value is -1.23. The lowest BCUT2D eigenvalue weighted by molar-refractivity contribution is -0.116. The molecule has 3 N–H and O–H groups in total. The van der Waals surface area contributed by atoms with Crippen LogP contribution in [0.5, 0.6) is 0 Å². The van der Waals surface area contributed by atoms with Gasteiger partial charge in [-0.3, -0.25) is 4.79 Å². The van der Waals surface area contributed by atoms with Crippen molar-refractivity contribution in [2.24, 2.45) is 0 Å². The zero-order valence-electron chi connectivity index (χ0n) is 11.2. The number of carbonyl (C=O) groups excluding carboxylic acids is 1. The molecular weight excluding hydrogens is 263 g/mol. The minimum absolute atomic E-state index is 0.0490. The molecule has 1 aromatic carbocycles. The molecule has 0 heterocycles. The number of anilines is 2. The molecule has 3 nitrogen and oxygen atoms in total. The number of amides is 1. The molecule has 106 valence electrons. The first-order valence-electron chi connectivity index (χ1n) is 6.56. The molecule has 0 fully saturated rings. The van der Waals surface area contributed by atoms with Crippen molar-refractivity contribution in [2.45, 2.75) is 32.6 Å². The summed E-state index contributed by atoms with van der Waals surface area (Å²) < 4.78 is 12.9. The van der Waals surface area contributed by atoms with E-state index < -0.39 is 5.82 Å². The number of benzene rings is 1. The number of rotatable bonds is 8. The van der Waals surface area contributed by atoms with Crippen molar-refractivity contribution in [1.82, 2.24) is 0 Å². The Morgan fingerprint density at radius 3 is 2.79 bits per heavy atom. The maximum Gasteiger partial charge on any atom is 0.224 e. The molecule has 0 aliphatic carbocycles. The Bertz CT molecular complexity index is 412. The van der Waals surface area contributed by atoms with Crippen LogP contribution < -0.4 is 11.1 Å². The maximum absolute atomic E-state index is 12.9. The number of nitrogens with one attached hydrogen (secondary N) is 1. The third-order valence-electron chi connectivity index (χ3n) is 2.61. The fourth-order valence-electron chi connectivity index (χ4n) is 1.53. The molecule has 0 aromatic heterocycles. The van der Waals surface area contributed by atoms with Crippen LogP contribution in [0.2, 0.25) is 0 Å². The second-order valence-electron chi connectivity index (χ2n) is 4.35. The number of nitrogen functional groups attached to an aromatic ring is 1. The van der Waals surface area contributed by atoms with Crippen LogP contribution in [0, 0.1) is 5.82 Å². The van der Waals surface area contributed by atoms with E-state index in [-0.39, 0.29) is 11.6 Å². The molecule has 0 spiro atoms. The van der Waals surface area contributed by atoms with Crippen LogP contribution in [0.15, 0.2) is 18.2 Å². The molecular formula is C14H21FN2OS. The second-order valence-corrected chi connectivity index (χ2v) is 5.58. The smallest absolute Gasteiger partial charge is 0.224 e. The Balaban J connectivity index is 2.21. The van der Waals surface area contributed by atoms with Crippen LogP contribution in [-0.4, -0.2) is 17.4 Å². The average Bonchev–Trinajstić information content (AvgIpc) is 2.38. The van der Waals surface area contributed by atoms with Gasteiger partial charge in [0.15, 0.2) is 0 Å². The summed E-state index contributed by atoms with van der Waals surface area (Å²) >= 11 is 1.88. The van der Waals surface area contributed by atoms with Gasteiger partial charge in [-0.1, -0.05) is 13.3 Å². The average molecular weight is 284 g/mol. The third kappa shape index (κ3) is 6.47. The van der Waals surface area contributed by atoms with Crippen molar-refractivity contribution < 1.29 is 9.18 Å². The summed E-state index contributed by atoms with van der Waals surface area (Å²) in [5.41, 5.74) is 6.03. The Labute approximate surface area is 118 Å². The van der Waals surface area contributed by atoms with Crippen LogP contribution in [0.1, 0.15) is 32.6 Å². The number of thioether (sulfide) groups is 1. The minimum Gasteiger partial charge on any atom is -0.396 e. The van der Waals surface area contributed by atoms with Crippen molar-refractivity contribution in [3.8, 4) is 0 Å². The fraction of sp³-hybridized carbons (Fsp3) is 0.500. The van der Waals surface area contributed by atoms with Crippen molar-refractivity contribution in [3.05, 3.63) is 24.0 Å². The molecule has 19 heavy (non-hydrogen) atoms. The van der Waals surface area contributed by atoms with Crippen LogP contribution in [0.3, 0.4) is 0 Å². The van der Waals surface area contributed by atoms with Crippen LogP contribution in [0.4, 0.5) is 15.8 Å². The summed E-state index contributed by atoms with van der Waals surface area (Å²) in [5.74, 6) is 1.64. The van der Waals surface area contributed by atoms with E-state index in [9.17, 15) is 9.18 Å². The Morgan fingerprint density at radius 2 is 2.11 bits per heavy atom. The summed E-state index contributed by atoms with van der Waals surface area (Å²) in [4.78, 5) is 11.6. The van der Waals surface area contributed by atoms with Gasteiger partial charge >= 0.3 is 0 Å². The van der Waals surface area contributed by atoms with Gasteiger partial charge in [0.2, 0.25) is 5.91 Å². The lowest BCUT2D eigenvalue weighted by Gasteiger charge is -2.06. The largest absolute Gasteiger partial charge is 0.396 e. The number of carbonyl (C=O) groups is 1. The lowest BCUT2D eigenvalue weighted by Crippen LogP contribution is -2.11. The zero-order chi connectivity index (χ0) is 14.1. The highest BCUT2D eigenvalue weighted by atomic mass is 32.2. The minimum atomic E-state index is -0.467. The van der Waals surface area contributed by atoms with E-state index >= 15 is 0 Å². The summed E-state index contributed by atoms with van der Waals surface area (Å²) in [6, 6.07) is 4.20. The highest BCUT2D eigenvalue weighted by Crippen LogP contribution is 2.16. The van der Waals surface area contributed by atoms with E-state index in [0.717, 1.165) is 17.9 Å². The lowest BCUT2D eigenvalue weighted by atomic mass is 10.2. The predicted molar refractivity (Wildman–Crippen MR) is 80.9 cm³/mol. The maximum atomic E-state index is 12.9. The quantitative estimate of drug-likeness (QED) is 0.566. The SMILES string of the molecule is CCCCSCCCC(=O)Nc1ccc(F)c(N)c1. The van der Waals surface area contributed by atoms with Crippen molar-refractivity contribution in [1.29, 1.82) is 0 Å². The van der Waals surface area contributed by atoms with Crippen LogP contribution in [-0.2, 0) is 4.79 Å². The van der Waals surface area contributed by atoms with Gasteiger partial charge in [-0.15, -0.1) is 0 Å². The number of unbranched alkanes of at least 4 members (excludes halogenated alkanes) is 1. The molecule has 1 aromatic rings. The summed E-state index contributed by atoms with van der Waals surface area (Å²) in [7, 11) is 0. The van der Waals surface area contributed by atoms with Crippen LogP contribution in [0.25, 0.3) is 0 Å². The van der Waals surface area contributed by atoms with E-state index in [1.165, 1.54) is 31.0 Å². The van der Waals surface area contributed by atoms with Gasteiger partial charge in [0, 0.05) is 12.1 Å². The summed E-state index contributed by atoms with van der Waals surface area (Å²) in [5, 5.41) is 2.72. The van der Waals surface area contributed by atoms with Crippen LogP contribution >= 0.6 is 11.8 Å². The molecule has 0 aliphatic heterocycles. The van der Waals surface area contributed by atoms with Crippen molar-refractivity contribution in [2.75, 3.05) is 22.6 Å². The predicted octanol–water partition coefficient (Wildman–Crippen LogP) is 3.66. The van der Waals surface area contributed by atoms with Gasteiger partial charge in [0.1, 0.15) is 5.82 Å². The Morgan fingerprint density at radius 1 is 1.37 bits per heavy atom. The molecule has 0 unspecified atom stereocenters. The topological polar surface area (TPSA) is 55.1 Å². The first-order chi connectivity index (χ1) is 9.13. The van der Waals surface area contributed by atoms with E-state index in [0.29, 0.717) is 12.1 Å². The number of halogens is 1. The van der Waals surface area contributed by atoms with Gasteiger partial charge < -0.3 is 11.1 Å². The molecule has 0 saturated heterocycles. The van der Waals surface area contributed by atoms with Gasteiger partial charge in [-0.05, 0) is 42.5 Å². The second kappa shape index (κ2) is 8.80. The van der Waals surface area contributed by atoms with Crippen molar-refractivity contribution >= 4 is 29.0 Å². The molecule has 0 bridgehead atoms. The molecule has 5 heteroatoms. The van der Waals surface area contributed by atoms with Gasteiger partial charge in [-0.25, -0.2) is 4.39 Å². The van der Waals surface area contributed by atoms with E-state index in [1.54, 1.807) is 0 Å². The molecule has 0 aliphatic rings. The summed E-state index contributed by atoms with van der Waals surface area (Å²) in [6.45, 7) is 2.17. The molecule has 0 atom stereocenters. The molecule has 0 radical (unpaired) electrons. The van der Waals surface area contributed by atoms with E-state index in [2.05, 4.69) is 12.2 Å². The van der Waals surface area contributed by atoms with E-state index in [1.807, 2.05) is 11.8 Å². The van der Waals surface area contributed by atoms with Gasteiger partial charge in [0.05, 0.1) is 5.69 Å². The summed E-state index contributed by atoms with van der Waals surface area (Å²) in [6.07, 6.45) is 3.78. The molecule has 1 rings (SSSR count). The standard InChI is InChI=1S/C14H21FN2OS/c1-2-3-8-19-9-4-5-14(18)17-11-6-7-12(15)13(16)10-11/h6-7,10H,2-5,8-9,16H2,1H3,(H,17,18). The first kappa shape index (κ1) is 15.8. The third-order valence-corrected chi connectivity index (χ3v) is 3.77. The number of hydrogen-bond acceptors (Lipinski definition) is 3. The Kier molecular flexibility index (Phi) is 7.33. The monoisotopic (exact) mass is 284 g/mol. The first-order valence-corrected chi connectivity index (χ1v) is 7.71. The van der Waals surface area contributed by atoms with E-state index in [4.69, 9.17) is 5.73 Å². The van der Waals surface area contributed by atoms with Gasteiger partial charge in [0.25, 0.3) is 0 Å². The zero-order valence-corrected chi connectivity index (χ0v) is 12.1. The molecule has 0 saturated carbocycles. The fourth-order valence-corrected chi connectivity index (χ4v) is 2.57. The van der Waals surface area contributed by atoms with Gasteiger partial charge in [-0.2, -0.15) is 11.8 Å². The van der Waals surface area contributed by atoms with Crippen molar-refractivity contribution in [3.63, 3.8) is 0 Å². The highest BCUT2D eigenvalue weighted by Gasteiger charge is 2.04. The molecule has 1 amide bonds.